The molecule has 0 aliphatic rings. The molecule has 0 aliphatic heterocycles. The molecule has 0 aliphatic carbocycles. The molecule has 0 rings (SSSR count). The predicted octanol–water partition coefficient (Wildman–Crippen LogP) is 0.703. The quantitative estimate of drug-likeness (QED) is 0.430. The number of urea groups is 1. The second kappa shape index (κ2) is 6.32. The molecule has 0 heterocycles. The molecule has 2 amide bonds. The first-order chi connectivity index (χ1) is 7.22. The number of rotatable bonds is 5. The Hall–Kier alpha value is -1.30. The standard InChI is InChI=1S/C10H20N2O4/c1-10(2,3)16-8(13)5-6-15-7-12(4)9(11)14/h5-7H2,1-4H3,(H2,11,14). The molecule has 16 heavy (non-hydrogen) atoms. The third kappa shape index (κ3) is 8.05. The van der Waals surface area contributed by atoms with Gasteiger partial charge in [-0.1, -0.05) is 0 Å². The maximum atomic E-state index is 11.2. The Morgan fingerprint density at radius 1 is 1.31 bits per heavy atom. The largest absolute Gasteiger partial charge is 0.460 e. The van der Waals surface area contributed by atoms with Crippen LogP contribution < -0.4 is 5.73 Å². The molecule has 6 nitrogen and oxygen atoms in total. The number of carbonyl (C=O) groups excluding carboxylic acids is 2. The van der Waals surface area contributed by atoms with Crippen molar-refractivity contribution in [2.75, 3.05) is 20.4 Å². The normalized spacial score (nSPS) is 11.0. The number of hydrogen-bond acceptors (Lipinski definition) is 4. The molecule has 6 heteroatoms. The van der Waals surface area contributed by atoms with E-state index in [1.807, 2.05) is 0 Å². The summed E-state index contributed by atoms with van der Waals surface area (Å²) in [7, 11) is 1.51. The van der Waals surface area contributed by atoms with Gasteiger partial charge in [-0.2, -0.15) is 0 Å². The van der Waals surface area contributed by atoms with Gasteiger partial charge in [0.25, 0.3) is 0 Å². The van der Waals surface area contributed by atoms with Crippen molar-refractivity contribution in [3.05, 3.63) is 0 Å². The number of carbonyl (C=O) groups is 2. The van der Waals surface area contributed by atoms with Crippen molar-refractivity contribution < 1.29 is 19.1 Å². The van der Waals surface area contributed by atoms with E-state index in [4.69, 9.17) is 15.2 Å². The number of amides is 2. The predicted molar refractivity (Wildman–Crippen MR) is 58.6 cm³/mol. The van der Waals surface area contributed by atoms with Crippen LogP contribution in [0.1, 0.15) is 27.2 Å². The Balaban J connectivity index is 3.60. The molecular formula is C10H20N2O4. The van der Waals surface area contributed by atoms with Gasteiger partial charge in [0.1, 0.15) is 12.3 Å². The topological polar surface area (TPSA) is 81.9 Å². The Labute approximate surface area is 95.7 Å². The van der Waals surface area contributed by atoms with Gasteiger partial charge in [-0.3, -0.25) is 4.79 Å². The van der Waals surface area contributed by atoms with Crippen LogP contribution in [0.2, 0.25) is 0 Å². The van der Waals surface area contributed by atoms with Gasteiger partial charge >= 0.3 is 12.0 Å². The summed E-state index contributed by atoms with van der Waals surface area (Å²) < 4.78 is 10.1. The van der Waals surface area contributed by atoms with Crippen molar-refractivity contribution in [3.8, 4) is 0 Å². The molecule has 0 radical (unpaired) electrons. The van der Waals surface area contributed by atoms with Crippen LogP contribution in [0.4, 0.5) is 4.79 Å². The van der Waals surface area contributed by atoms with Gasteiger partial charge in [0.2, 0.25) is 0 Å². The van der Waals surface area contributed by atoms with Gasteiger partial charge < -0.3 is 20.1 Å². The van der Waals surface area contributed by atoms with Gasteiger partial charge in [0, 0.05) is 7.05 Å². The number of ether oxygens (including phenoxy) is 2. The summed E-state index contributed by atoms with van der Waals surface area (Å²) in [5.74, 6) is -0.325. The molecule has 0 atom stereocenters. The van der Waals surface area contributed by atoms with Gasteiger partial charge in [-0.15, -0.1) is 0 Å². The average molecular weight is 232 g/mol. The number of primary amides is 1. The highest BCUT2D eigenvalue weighted by Crippen LogP contribution is 2.07. The highest BCUT2D eigenvalue weighted by atomic mass is 16.6. The van der Waals surface area contributed by atoms with Crippen molar-refractivity contribution in [3.63, 3.8) is 0 Å². The summed E-state index contributed by atoms with van der Waals surface area (Å²) in [6.45, 7) is 5.66. The molecule has 0 aromatic rings. The zero-order valence-electron chi connectivity index (χ0n) is 10.3. The fraction of sp³-hybridized carbons (Fsp3) is 0.800. The zero-order chi connectivity index (χ0) is 12.8. The van der Waals surface area contributed by atoms with Crippen molar-refractivity contribution >= 4 is 12.0 Å². The highest BCUT2D eigenvalue weighted by molar-refractivity contribution is 5.71. The third-order valence-electron chi connectivity index (χ3n) is 1.53. The Morgan fingerprint density at radius 3 is 2.31 bits per heavy atom. The van der Waals surface area contributed by atoms with Crippen LogP contribution in [0.15, 0.2) is 0 Å². The summed E-state index contributed by atoms with van der Waals surface area (Å²) in [5, 5.41) is 0. The van der Waals surface area contributed by atoms with E-state index in [1.165, 1.54) is 11.9 Å². The van der Waals surface area contributed by atoms with Crippen molar-refractivity contribution in [1.82, 2.24) is 4.90 Å². The summed E-state index contributed by atoms with van der Waals surface area (Å²) in [5.41, 5.74) is 4.49. The maximum Gasteiger partial charge on any atom is 0.316 e. The lowest BCUT2D eigenvalue weighted by Gasteiger charge is -2.19. The van der Waals surface area contributed by atoms with Gasteiger partial charge in [-0.25, -0.2) is 4.79 Å². The molecule has 0 aromatic heterocycles. The minimum atomic E-state index is -0.572. The second-order valence-corrected chi connectivity index (χ2v) is 4.41. The van der Waals surface area contributed by atoms with E-state index in [0.717, 1.165) is 0 Å². The molecule has 0 fully saturated rings. The number of hydrogen-bond donors (Lipinski definition) is 1. The number of nitrogens with two attached hydrogens (primary N) is 1. The summed E-state index contributed by atoms with van der Waals surface area (Å²) in [6, 6.07) is -0.572. The minimum Gasteiger partial charge on any atom is -0.460 e. The van der Waals surface area contributed by atoms with E-state index >= 15 is 0 Å². The highest BCUT2D eigenvalue weighted by Gasteiger charge is 2.15. The van der Waals surface area contributed by atoms with Crippen molar-refractivity contribution in [2.45, 2.75) is 32.8 Å². The number of nitrogens with zero attached hydrogens (tertiary/aromatic N) is 1. The fourth-order valence-electron chi connectivity index (χ4n) is 0.813. The van der Waals surface area contributed by atoms with Crippen LogP contribution in [0, 0.1) is 0 Å². The lowest BCUT2D eigenvalue weighted by molar-refractivity contribution is -0.156. The van der Waals surface area contributed by atoms with E-state index in [-0.39, 0.29) is 25.7 Å². The molecule has 0 aromatic carbocycles. The molecule has 0 bridgehead atoms. The first-order valence-corrected chi connectivity index (χ1v) is 5.02. The lowest BCUT2D eigenvalue weighted by atomic mass is 10.2. The molecular weight excluding hydrogens is 212 g/mol. The lowest BCUT2D eigenvalue weighted by Crippen LogP contribution is -2.34. The molecule has 0 saturated heterocycles. The summed E-state index contributed by atoms with van der Waals surface area (Å²) in [6.07, 6.45) is 0.157. The first kappa shape index (κ1) is 14.7. The zero-order valence-corrected chi connectivity index (χ0v) is 10.3. The van der Waals surface area contributed by atoms with Crippen molar-refractivity contribution in [1.29, 1.82) is 0 Å². The Kier molecular flexibility index (Phi) is 5.81. The van der Waals surface area contributed by atoms with E-state index in [1.54, 1.807) is 20.8 Å². The molecule has 2 N–H and O–H groups in total. The molecule has 0 saturated carbocycles. The van der Waals surface area contributed by atoms with Gasteiger partial charge in [-0.05, 0) is 20.8 Å². The van der Waals surface area contributed by atoms with Crippen LogP contribution >= 0.6 is 0 Å². The number of esters is 1. The maximum absolute atomic E-state index is 11.2. The fourth-order valence-corrected chi connectivity index (χ4v) is 0.813. The van der Waals surface area contributed by atoms with Crippen LogP contribution in [0.5, 0.6) is 0 Å². The van der Waals surface area contributed by atoms with E-state index in [9.17, 15) is 9.59 Å². The molecule has 0 unspecified atom stereocenters. The van der Waals surface area contributed by atoms with E-state index < -0.39 is 11.6 Å². The summed E-state index contributed by atoms with van der Waals surface area (Å²) in [4.78, 5) is 23.0. The van der Waals surface area contributed by atoms with Crippen LogP contribution in [-0.2, 0) is 14.3 Å². The monoisotopic (exact) mass is 232 g/mol. The van der Waals surface area contributed by atoms with E-state index in [0.29, 0.717) is 0 Å². The average Bonchev–Trinajstić information content (AvgIpc) is 2.08. The van der Waals surface area contributed by atoms with Crippen LogP contribution in [0.3, 0.4) is 0 Å². The van der Waals surface area contributed by atoms with Crippen LogP contribution in [-0.4, -0.2) is 42.9 Å². The van der Waals surface area contributed by atoms with E-state index in [2.05, 4.69) is 0 Å². The Bertz CT molecular complexity index is 248. The van der Waals surface area contributed by atoms with Gasteiger partial charge in [0.15, 0.2) is 0 Å². The molecule has 0 spiro atoms. The Morgan fingerprint density at radius 2 is 1.88 bits per heavy atom. The first-order valence-electron chi connectivity index (χ1n) is 5.02. The van der Waals surface area contributed by atoms with Crippen molar-refractivity contribution in [2.24, 2.45) is 5.73 Å². The smallest absolute Gasteiger partial charge is 0.316 e. The third-order valence-corrected chi connectivity index (χ3v) is 1.53. The SMILES string of the molecule is CN(COCCC(=O)OC(C)(C)C)C(N)=O. The minimum absolute atomic E-state index is 0.0676. The second-order valence-electron chi connectivity index (χ2n) is 4.41. The molecule has 94 valence electrons. The summed E-state index contributed by atoms with van der Waals surface area (Å²) >= 11 is 0. The van der Waals surface area contributed by atoms with Gasteiger partial charge in [0.05, 0.1) is 13.0 Å². The van der Waals surface area contributed by atoms with Crippen LogP contribution in [0.25, 0.3) is 0 Å².